The molecule has 0 aromatic carbocycles. The molecule has 1 saturated carbocycles. The summed E-state index contributed by atoms with van der Waals surface area (Å²) in [6.45, 7) is 10.7. The quantitative estimate of drug-likeness (QED) is 0.664. The molecule has 0 bridgehead atoms. The molecule has 1 aliphatic carbocycles. The first-order valence-corrected chi connectivity index (χ1v) is 9.37. The van der Waals surface area contributed by atoms with Crippen LogP contribution in [0.2, 0.25) is 0 Å². The first kappa shape index (κ1) is 19.0. The average Bonchev–Trinajstić information content (AvgIpc) is 2.43. The van der Waals surface area contributed by atoms with Crippen molar-refractivity contribution in [3.63, 3.8) is 0 Å². The Kier molecular flexibility index (Phi) is 8.26. The van der Waals surface area contributed by atoms with E-state index in [-0.39, 0.29) is 0 Å². The smallest absolute Gasteiger partial charge is 0.0359 e. The number of hydrogen-bond acceptors (Lipinski definition) is 2. The Morgan fingerprint density at radius 3 is 2.48 bits per heavy atom. The Morgan fingerprint density at radius 2 is 1.95 bits per heavy atom. The summed E-state index contributed by atoms with van der Waals surface area (Å²) in [4.78, 5) is 2.55. The zero-order chi connectivity index (χ0) is 15.9. The van der Waals surface area contributed by atoms with E-state index in [1.807, 2.05) is 0 Å². The summed E-state index contributed by atoms with van der Waals surface area (Å²) < 4.78 is 0. The summed E-state index contributed by atoms with van der Waals surface area (Å²) in [6.07, 6.45) is 10.8. The average molecular weight is 297 g/mol. The van der Waals surface area contributed by atoms with Gasteiger partial charge in [-0.3, -0.25) is 0 Å². The van der Waals surface area contributed by atoms with Crippen molar-refractivity contribution < 1.29 is 0 Å². The molecule has 4 atom stereocenters. The first-order valence-electron chi connectivity index (χ1n) is 9.37. The Morgan fingerprint density at radius 1 is 1.24 bits per heavy atom. The van der Waals surface area contributed by atoms with Crippen LogP contribution in [0.1, 0.15) is 79.1 Å². The highest BCUT2D eigenvalue weighted by molar-refractivity contribution is 5.02. The third kappa shape index (κ3) is 5.25. The van der Waals surface area contributed by atoms with Crippen LogP contribution in [0.25, 0.3) is 0 Å². The summed E-state index contributed by atoms with van der Waals surface area (Å²) in [5, 5.41) is 3.93. The third-order valence-electron chi connectivity index (χ3n) is 5.61. The minimum Gasteiger partial charge on any atom is -0.312 e. The van der Waals surface area contributed by atoms with Crippen LogP contribution in [-0.2, 0) is 0 Å². The largest absolute Gasteiger partial charge is 0.312 e. The predicted molar refractivity (Wildman–Crippen MR) is 94.8 cm³/mol. The lowest BCUT2D eigenvalue weighted by Gasteiger charge is -2.51. The molecule has 2 nitrogen and oxygen atoms in total. The van der Waals surface area contributed by atoms with Gasteiger partial charge < -0.3 is 10.2 Å². The molecule has 0 radical (unpaired) electrons. The maximum absolute atomic E-state index is 3.93. The predicted octanol–water partition coefficient (Wildman–Crippen LogP) is 4.69. The molecule has 1 rings (SSSR count). The molecule has 0 spiro atoms. The third-order valence-corrected chi connectivity index (χ3v) is 5.61. The Balaban J connectivity index is 2.88. The topological polar surface area (TPSA) is 15.3 Å². The van der Waals surface area contributed by atoms with Gasteiger partial charge in [0.05, 0.1) is 0 Å². The van der Waals surface area contributed by atoms with Crippen LogP contribution in [0, 0.1) is 11.8 Å². The highest BCUT2D eigenvalue weighted by Gasteiger charge is 2.43. The fraction of sp³-hybridized carbons (Fsp3) is 1.00. The molecule has 2 heteroatoms. The van der Waals surface area contributed by atoms with Crippen LogP contribution in [-0.4, -0.2) is 37.1 Å². The molecule has 1 aliphatic rings. The van der Waals surface area contributed by atoms with Gasteiger partial charge in [0.1, 0.15) is 0 Å². The molecular weight excluding hydrogens is 256 g/mol. The number of nitrogens with one attached hydrogen (secondary N) is 1. The van der Waals surface area contributed by atoms with Crippen LogP contribution in [0.15, 0.2) is 0 Å². The van der Waals surface area contributed by atoms with Crippen molar-refractivity contribution in [3.8, 4) is 0 Å². The van der Waals surface area contributed by atoms with Gasteiger partial charge in [-0.05, 0) is 58.2 Å². The first-order chi connectivity index (χ1) is 9.96. The molecule has 0 heterocycles. The number of hydrogen-bond donors (Lipinski definition) is 1. The van der Waals surface area contributed by atoms with Crippen molar-refractivity contribution in [1.82, 2.24) is 10.2 Å². The molecule has 1 fully saturated rings. The minimum atomic E-state index is 0.370. The van der Waals surface area contributed by atoms with Gasteiger partial charge in [-0.2, -0.15) is 0 Å². The maximum Gasteiger partial charge on any atom is 0.0359 e. The van der Waals surface area contributed by atoms with Crippen LogP contribution >= 0.6 is 0 Å². The molecule has 0 amide bonds. The van der Waals surface area contributed by atoms with Gasteiger partial charge >= 0.3 is 0 Å². The summed E-state index contributed by atoms with van der Waals surface area (Å²) in [5.41, 5.74) is 0.370. The summed E-state index contributed by atoms with van der Waals surface area (Å²) in [6, 6.07) is 0.650. The van der Waals surface area contributed by atoms with E-state index in [0.29, 0.717) is 11.6 Å². The van der Waals surface area contributed by atoms with E-state index in [4.69, 9.17) is 0 Å². The van der Waals surface area contributed by atoms with Crippen molar-refractivity contribution in [1.29, 1.82) is 0 Å². The van der Waals surface area contributed by atoms with Gasteiger partial charge in [0, 0.05) is 11.6 Å². The van der Waals surface area contributed by atoms with Crippen molar-refractivity contribution in [2.75, 3.05) is 20.6 Å². The highest BCUT2D eigenvalue weighted by atomic mass is 15.2. The molecule has 126 valence electrons. The zero-order valence-corrected chi connectivity index (χ0v) is 15.5. The van der Waals surface area contributed by atoms with Gasteiger partial charge in [-0.25, -0.2) is 0 Å². The fourth-order valence-electron chi connectivity index (χ4n) is 4.42. The molecule has 0 aliphatic heterocycles. The van der Waals surface area contributed by atoms with Gasteiger partial charge in [-0.15, -0.1) is 0 Å². The Bertz CT molecular complexity index is 277. The molecule has 1 N–H and O–H groups in total. The van der Waals surface area contributed by atoms with Gasteiger partial charge in [0.15, 0.2) is 0 Å². The van der Waals surface area contributed by atoms with E-state index >= 15 is 0 Å². The number of nitrogens with zero attached hydrogens (tertiary/aromatic N) is 1. The van der Waals surface area contributed by atoms with E-state index in [0.717, 1.165) is 18.4 Å². The summed E-state index contributed by atoms with van der Waals surface area (Å²) in [7, 11) is 4.62. The molecule has 4 unspecified atom stereocenters. The highest BCUT2D eigenvalue weighted by Crippen LogP contribution is 2.40. The molecular formula is C19H40N2. The second kappa shape index (κ2) is 9.15. The Labute approximate surface area is 134 Å². The number of likely N-dealkylation sites (N-methyl/N-ethyl adjacent to an activating group) is 1. The molecule has 0 aromatic rings. The van der Waals surface area contributed by atoms with Crippen LogP contribution in [0.4, 0.5) is 0 Å². The summed E-state index contributed by atoms with van der Waals surface area (Å²) in [5.74, 6) is 1.70. The van der Waals surface area contributed by atoms with Crippen molar-refractivity contribution >= 4 is 0 Å². The SMILES string of the molecule is CCCNC(CC(C)CCC)C1(N(C)C)CCCC(C)C1. The van der Waals surface area contributed by atoms with E-state index in [2.05, 4.69) is 52.0 Å². The van der Waals surface area contributed by atoms with Crippen molar-refractivity contribution in [3.05, 3.63) is 0 Å². The van der Waals surface area contributed by atoms with E-state index in [9.17, 15) is 0 Å². The normalized spacial score (nSPS) is 29.6. The van der Waals surface area contributed by atoms with Crippen LogP contribution in [0.5, 0.6) is 0 Å². The maximum atomic E-state index is 3.93. The lowest BCUT2D eigenvalue weighted by Crippen LogP contribution is -2.61. The van der Waals surface area contributed by atoms with E-state index in [1.54, 1.807) is 0 Å². The number of rotatable bonds is 9. The minimum absolute atomic E-state index is 0.370. The Hall–Kier alpha value is -0.0800. The molecule has 0 aromatic heterocycles. The second-order valence-corrected chi connectivity index (χ2v) is 7.84. The zero-order valence-electron chi connectivity index (χ0n) is 15.5. The van der Waals surface area contributed by atoms with Crippen LogP contribution < -0.4 is 5.32 Å². The molecule has 0 saturated heterocycles. The monoisotopic (exact) mass is 296 g/mol. The lowest BCUT2D eigenvalue weighted by atomic mass is 9.69. The standard InChI is InChI=1S/C19H40N2/c1-7-10-16(3)14-18(20-13-8-2)19(21(5)6)12-9-11-17(4)15-19/h16-18,20H,7-15H2,1-6H3. The van der Waals surface area contributed by atoms with Gasteiger partial charge in [-0.1, -0.05) is 53.4 Å². The van der Waals surface area contributed by atoms with Crippen LogP contribution in [0.3, 0.4) is 0 Å². The van der Waals surface area contributed by atoms with E-state index < -0.39 is 0 Å². The molecule has 21 heavy (non-hydrogen) atoms. The second-order valence-electron chi connectivity index (χ2n) is 7.84. The van der Waals surface area contributed by atoms with E-state index in [1.165, 1.54) is 51.4 Å². The van der Waals surface area contributed by atoms with Gasteiger partial charge in [0.25, 0.3) is 0 Å². The fourth-order valence-corrected chi connectivity index (χ4v) is 4.42. The van der Waals surface area contributed by atoms with Crippen molar-refractivity contribution in [2.45, 2.75) is 90.6 Å². The van der Waals surface area contributed by atoms with Gasteiger partial charge in [0.2, 0.25) is 0 Å². The van der Waals surface area contributed by atoms with Crippen molar-refractivity contribution in [2.24, 2.45) is 11.8 Å². The summed E-state index contributed by atoms with van der Waals surface area (Å²) >= 11 is 0. The lowest BCUT2D eigenvalue weighted by molar-refractivity contribution is 0.0289.